The third-order valence-corrected chi connectivity index (χ3v) is 3.99. The lowest BCUT2D eigenvalue weighted by Gasteiger charge is -2.08. The van der Waals surface area contributed by atoms with E-state index in [9.17, 15) is 4.79 Å². The Balaban J connectivity index is 2.43. The molecular formula is C14H14ClNO2S. The molecule has 0 aliphatic rings. The van der Waals surface area contributed by atoms with Gasteiger partial charge in [-0.2, -0.15) is 0 Å². The quantitative estimate of drug-likeness (QED) is 0.862. The van der Waals surface area contributed by atoms with E-state index in [-0.39, 0.29) is 5.91 Å². The van der Waals surface area contributed by atoms with Crippen LogP contribution in [0.1, 0.15) is 9.67 Å². The summed E-state index contributed by atoms with van der Waals surface area (Å²) in [6.45, 7) is 0. The van der Waals surface area contributed by atoms with Gasteiger partial charge in [0, 0.05) is 29.6 Å². The van der Waals surface area contributed by atoms with Gasteiger partial charge in [0.25, 0.3) is 5.91 Å². The van der Waals surface area contributed by atoms with Crippen LogP contribution in [0, 0.1) is 0 Å². The number of rotatable bonds is 3. The van der Waals surface area contributed by atoms with Gasteiger partial charge in [-0.3, -0.25) is 4.79 Å². The Morgan fingerprint density at radius 1 is 1.26 bits per heavy atom. The Morgan fingerprint density at radius 2 is 2.00 bits per heavy atom. The maximum atomic E-state index is 11.9. The van der Waals surface area contributed by atoms with E-state index in [0.717, 1.165) is 16.2 Å². The molecule has 0 aliphatic heterocycles. The van der Waals surface area contributed by atoms with Crippen molar-refractivity contribution in [2.24, 2.45) is 0 Å². The van der Waals surface area contributed by atoms with Crippen LogP contribution >= 0.6 is 22.9 Å². The van der Waals surface area contributed by atoms with Crippen LogP contribution in [0.3, 0.4) is 0 Å². The van der Waals surface area contributed by atoms with E-state index >= 15 is 0 Å². The minimum atomic E-state index is -0.00255. The number of amides is 1. The van der Waals surface area contributed by atoms with Crippen molar-refractivity contribution in [2.75, 3.05) is 21.2 Å². The van der Waals surface area contributed by atoms with Gasteiger partial charge in [-0.15, -0.1) is 11.3 Å². The summed E-state index contributed by atoms with van der Waals surface area (Å²) in [5.41, 5.74) is 0.901. The van der Waals surface area contributed by atoms with Crippen molar-refractivity contribution in [2.45, 2.75) is 0 Å². The van der Waals surface area contributed by atoms with Crippen LogP contribution in [-0.4, -0.2) is 32.0 Å². The molecule has 1 aromatic heterocycles. The highest BCUT2D eigenvalue weighted by atomic mass is 35.5. The zero-order valence-corrected chi connectivity index (χ0v) is 12.5. The number of carbonyl (C=O) groups excluding carboxylic acids is 1. The Labute approximate surface area is 121 Å². The Kier molecular flexibility index (Phi) is 4.12. The molecular weight excluding hydrogens is 282 g/mol. The van der Waals surface area contributed by atoms with Crippen LogP contribution in [0.15, 0.2) is 30.3 Å². The predicted octanol–water partition coefficient (Wildman–Crippen LogP) is 3.78. The van der Waals surface area contributed by atoms with E-state index in [1.165, 1.54) is 11.3 Å². The highest BCUT2D eigenvalue weighted by Gasteiger charge is 2.14. The third-order valence-electron chi connectivity index (χ3n) is 2.65. The second-order valence-electron chi connectivity index (χ2n) is 4.21. The maximum absolute atomic E-state index is 11.9. The van der Waals surface area contributed by atoms with Crippen LogP contribution in [0.4, 0.5) is 0 Å². The van der Waals surface area contributed by atoms with E-state index in [1.807, 2.05) is 24.3 Å². The lowest BCUT2D eigenvalue weighted by Crippen LogP contribution is -2.20. The number of carbonyl (C=O) groups is 1. The first-order valence-corrected chi connectivity index (χ1v) is 6.87. The van der Waals surface area contributed by atoms with E-state index in [4.69, 9.17) is 16.3 Å². The molecule has 5 heteroatoms. The molecule has 100 valence electrons. The summed E-state index contributed by atoms with van der Waals surface area (Å²) < 4.78 is 5.32. The number of nitrogens with zero attached hydrogens (tertiary/aromatic N) is 1. The van der Waals surface area contributed by atoms with E-state index in [2.05, 4.69) is 0 Å². The molecule has 0 saturated carbocycles. The minimum absolute atomic E-state index is 0.00255. The van der Waals surface area contributed by atoms with Crippen LogP contribution in [0.25, 0.3) is 10.4 Å². The Hall–Kier alpha value is -1.52. The van der Waals surface area contributed by atoms with Gasteiger partial charge in [-0.25, -0.2) is 0 Å². The van der Waals surface area contributed by atoms with E-state index < -0.39 is 0 Å². The molecule has 0 atom stereocenters. The first-order chi connectivity index (χ1) is 9.02. The average molecular weight is 296 g/mol. The third kappa shape index (κ3) is 2.91. The number of thiophene rings is 1. The fourth-order valence-corrected chi connectivity index (χ4v) is 2.91. The SMILES string of the molecule is COc1ccc(Cl)cc1-c1ccc(C(=O)N(C)C)s1. The summed E-state index contributed by atoms with van der Waals surface area (Å²) in [6.07, 6.45) is 0. The van der Waals surface area contributed by atoms with Crippen molar-refractivity contribution < 1.29 is 9.53 Å². The van der Waals surface area contributed by atoms with Crippen molar-refractivity contribution >= 4 is 28.8 Å². The number of hydrogen-bond donors (Lipinski definition) is 0. The Bertz CT molecular complexity index is 607. The zero-order chi connectivity index (χ0) is 14.0. The zero-order valence-electron chi connectivity index (χ0n) is 10.9. The van der Waals surface area contributed by atoms with Crippen molar-refractivity contribution in [3.63, 3.8) is 0 Å². The summed E-state index contributed by atoms with van der Waals surface area (Å²) in [6, 6.07) is 9.18. The predicted molar refractivity (Wildman–Crippen MR) is 79.3 cm³/mol. The van der Waals surface area contributed by atoms with Gasteiger partial charge < -0.3 is 9.64 Å². The second kappa shape index (κ2) is 5.63. The summed E-state index contributed by atoms with van der Waals surface area (Å²) >= 11 is 7.45. The van der Waals surface area contributed by atoms with Crippen molar-refractivity contribution in [3.8, 4) is 16.2 Å². The molecule has 0 saturated heterocycles. The van der Waals surface area contributed by atoms with E-state index in [0.29, 0.717) is 9.90 Å². The van der Waals surface area contributed by atoms with Crippen LogP contribution < -0.4 is 4.74 Å². The summed E-state index contributed by atoms with van der Waals surface area (Å²) in [5.74, 6) is 0.743. The number of halogens is 1. The highest BCUT2D eigenvalue weighted by molar-refractivity contribution is 7.17. The van der Waals surface area contributed by atoms with Crippen LogP contribution in [0.2, 0.25) is 5.02 Å². The topological polar surface area (TPSA) is 29.5 Å². The normalized spacial score (nSPS) is 10.3. The van der Waals surface area contributed by atoms with Crippen LogP contribution in [0.5, 0.6) is 5.75 Å². The van der Waals surface area contributed by atoms with Crippen LogP contribution in [-0.2, 0) is 0 Å². The molecule has 2 rings (SSSR count). The Morgan fingerprint density at radius 3 is 2.63 bits per heavy atom. The molecule has 19 heavy (non-hydrogen) atoms. The molecule has 0 radical (unpaired) electrons. The molecule has 1 amide bonds. The molecule has 0 unspecified atom stereocenters. The van der Waals surface area contributed by atoms with Gasteiger partial charge in [0.2, 0.25) is 0 Å². The van der Waals surface area contributed by atoms with E-state index in [1.54, 1.807) is 32.2 Å². The molecule has 0 bridgehead atoms. The van der Waals surface area contributed by atoms with Gasteiger partial charge in [0.05, 0.1) is 12.0 Å². The largest absolute Gasteiger partial charge is 0.496 e. The summed E-state index contributed by atoms with van der Waals surface area (Å²) in [4.78, 5) is 15.1. The molecule has 3 nitrogen and oxygen atoms in total. The molecule has 0 spiro atoms. The van der Waals surface area contributed by atoms with Gasteiger partial charge in [0.15, 0.2) is 0 Å². The molecule has 1 aromatic carbocycles. The fourth-order valence-electron chi connectivity index (χ4n) is 1.69. The lowest BCUT2D eigenvalue weighted by molar-refractivity contribution is 0.0832. The first kappa shape index (κ1) is 13.9. The molecule has 0 aliphatic carbocycles. The van der Waals surface area contributed by atoms with Gasteiger partial charge in [-0.05, 0) is 30.3 Å². The lowest BCUT2D eigenvalue weighted by atomic mass is 10.1. The van der Waals surface area contributed by atoms with Gasteiger partial charge >= 0.3 is 0 Å². The van der Waals surface area contributed by atoms with Crippen molar-refractivity contribution in [1.29, 1.82) is 0 Å². The molecule has 0 N–H and O–H groups in total. The average Bonchev–Trinajstić information content (AvgIpc) is 2.87. The van der Waals surface area contributed by atoms with Gasteiger partial charge in [-0.1, -0.05) is 11.6 Å². The molecule has 1 heterocycles. The standard InChI is InChI=1S/C14H14ClNO2S/c1-16(2)14(17)13-7-6-12(19-13)10-8-9(15)4-5-11(10)18-3/h4-8H,1-3H3. The number of hydrogen-bond acceptors (Lipinski definition) is 3. The van der Waals surface area contributed by atoms with Crippen molar-refractivity contribution in [1.82, 2.24) is 4.90 Å². The molecule has 2 aromatic rings. The fraction of sp³-hybridized carbons (Fsp3) is 0.214. The number of benzene rings is 1. The summed E-state index contributed by atoms with van der Waals surface area (Å²) in [5, 5.41) is 0.643. The van der Waals surface area contributed by atoms with Gasteiger partial charge in [0.1, 0.15) is 5.75 Å². The monoisotopic (exact) mass is 295 g/mol. The highest BCUT2D eigenvalue weighted by Crippen LogP contribution is 2.36. The first-order valence-electron chi connectivity index (χ1n) is 5.68. The summed E-state index contributed by atoms with van der Waals surface area (Å²) in [7, 11) is 5.09. The molecule has 0 fully saturated rings. The smallest absolute Gasteiger partial charge is 0.263 e. The number of ether oxygens (including phenoxy) is 1. The minimum Gasteiger partial charge on any atom is -0.496 e. The maximum Gasteiger partial charge on any atom is 0.263 e. The van der Waals surface area contributed by atoms with Crippen molar-refractivity contribution in [3.05, 3.63) is 40.2 Å². The second-order valence-corrected chi connectivity index (χ2v) is 5.73. The number of methoxy groups -OCH3 is 1.